The molecule has 1 unspecified atom stereocenters. The van der Waals surface area contributed by atoms with E-state index in [2.05, 4.69) is 20.8 Å². The third-order valence-corrected chi connectivity index (χ3v) is 6.09. The van der Waals surface area contributed by atoms with Crippen LogP contribution in [-0.2, 0) is 4.79 Å². The number of aromatic nitrogens is 2. The third kappa shape index (κ3) is 4.42. The van der Waals surface area contributed by atoms with Gasteiger partial charge in [-0.3, -0.25) is 4.79 Å². The molecule has 0 aliphatic heterocycles. The minimum Gasteiger partial charge on any atom is -0.352 e. The molecule has 1 atom stereocenters. The molecule has 0 saturated heterocycles. The molecule has 2 aromatic carbocycles. The summed E-state index contributed by atoms with van der Waals surface area (Å²) in [5, 5.41) is 15.2. The molecule has 1 heterocycles. The molecule has 7 heteroatoms. The monoisotopic (exact) mass is 382 g/mol. The number of amides is 1. The van der Waals surface area contributed by atoms with Crippen molar-refractivity contribution in [1.82, 2.24) is 15.5 Å². The number of carbonyl (C=O) groups excluding carboxylic acids is 1. The third-order valence-electron chi connectivity index (χ3n) is 3.91. The van der Waals surface area contributed by atoms with Gasteiger partial charge in [-0.2, -0.15) is 0 Å². The fourth-order valence-corrected chi connectivity index (χ4v) is 4.43. The van der Waals surface area contributed by atoms with Crippen LogP contribution in [-0.4, -0.2) is 22.1 Å². The number of hydrogen-bond acceptors (Lipinski definition) is 6. The van der Waals surface area contributed by atoms with Crippen LogP contribution in [0.1, 0.15) is 23.7 Å². The average Bonchev–Trinajstić information content (AvgIpc) is 3.38. The summed E-state index contributed by atoms with van der Waals surface area (Å²) < 4.78 is 0.767. The van der Waals surface area contributed by atoms with Crippen molar-refractivity contribution >= 4 is 39.8 Å². The van der Waals surface area contributed by atoms with E-state index in [1.807, 2.05) is 60.7 Å². The largest absolute Gasteiger partial charge is 0.352 e. The van der Waals surface area contributed by atoms with Crippen molar-refractivity contribution < 1.29 is 4.79 Å². The van der Waals surface area contributed by atoms with Crippen LogP contribution in [0.25, 0.3) is 0 Å². The van der Waals surface area contributed by atoms with Gasteiger partial charge in [0.05, 0.1) is 0 Å². The molecule has 0 bridgehead atoms. The maximum atomic E-state index is 12.7. The van der Waals surface area contributed by atoms with Gasteiger partial charge < -0.3 is 10.6 Å². The van der Waals surface area contributed by atoms with Gasteiger partial charge in [-0.05, 0) is 30.5 Å². The van der Waals surface area contributed by atoms with Gasteiger partial charge in [0, 0.05) is 11.7 Å². The van der Waals surface area contributed by atoms with Crippen LogP contribution in [0.15, 0.2) is 65.0 Å². The van der Waals surface area contributed by atoms with Gasteiger partial charge in [-0.25, -0.2) is 0 Å². The molecule has 132 valence electrons. The summed E-state index contributed by atoms with van der Waals surface area (Å²) in [7, 11) is 0. The maximum Gasteiger partial charge on any atom is 0.238 e. The average molecular weight is 383 g/mol. The predicted molar refractivity (Wildman–Crippen MR) is 106 cm³/mol. The first-order valence-corrected chi connectivity index (χ1v) is 10.1. The molecule has 1 fully saturated rings. The molecule has 1 saturated carbocycles. The topological polar surface area (TPSA) is 66.9 Å². The minimum atomic E-state index is -0.325. The number of carbonyl (C=O) groups is 1. The summed E-state index contributed by atoms with van der Waals surface area (Å²) >= 11 is 2.90. The number of nitrogens with zero attached hydrogens (tertiary/aromatic N) is 2. The van der Waals surface area contributed by atoms with E-state index in [0.29, 0.717) is 11.2 Å². The summed E-state index contributed by atoms with van der Waals surface area (Å²) in [6.07, 6.45) is 2.14. The second kappa shape index (κ2) is 7.88. The van der Waals surface area contributed by atoms with Gasteiger partial charge in [-0.15, -0.1) is 10.2 Å². The Morgan fingerprint density at radius 2 is 1.73 bits per heavy atom. The van der Waals surface area contributed by atoms with Gasteiger partial charge in [0.2, 0.25) is 11.0 Å². The first-order chi connectivity index (χ1) is 12.8. The number of hydrogen-bond donors (Lipinski definition) is 2. The van der Waals surface area contributed by atoms with E-state index >= 15 is 0 Å². The van der Waals surface area contributed by atoms with E-state index in [4.69, 9.17) is 0 Å². The van der Waals surface area contributed by atoms with Gasteiger partial charge in [-0.1, -0.05) is 71.6 Å². The quantitative estimate of drug-likeness (QED) is 0.593. The molecule has 26 heavy (non-hydrogen) atoms. The molecule has 1 amide bonds. The van der Waals surface area contributed by atoms with Crippen molar-refractivity contribution in [3.8, 4) is 0 Å². The number of para-hydroxylation sites is 1. The van der Waals surface area contributed by atoms with Crippen molar-refractivity contribution in [3.05, 3.63) is 66.2 Å². The Balaban J connectivity index is 1.49. The zero-order chi connectivity index (χ0) is 17.8. The van der Waals surface area contributed by atoms with Crippen LogP contribution >= 0.6 is 23.1 Å². The Hall–Kier alpha value is -2.38. The second-order valence-corrected chi connectivity index (χ2v) is 8.39. The van der Waals surface area contributed by atoms with Gasteiger partial charge in [0.15, 0.2) is 4.34 Å². The molecule has 1 aliphatic carbocycles. The molecule has 5 nitrogen and oxygen atoms in total. The SMILES string of the molecule is O=C(NC1CC1)C(Sc1nnc(Nc2ccccc2)s1)c1ccccc1. The molecule has 4 rings (SSSR count). The van der Waals surface area contributed by atoms with E-state index in [1.165, 1.54) is 23.1 Å². The highest BCUT2D eigenvalue weighted by molar-refractivity contribution is 8.01. The lowest BCUT2D eigenvalue weighted by Crippen LogP contribution is -2.29. The number of benzene rings is 2. The first-order valence-electron chi connectivity index (χ1n) is 8.45. The summed E-state index contributed by atoms with van der Waals surface area (Å²) in [4.78, 5) is 12.7. The van der Waals surface area contributed by atoms with Crippen molar-refractivity contribution in [2.75, 3.05) is 5.32 Å². The molecule has 1 aliphatic rings. The van der Waals surface area contributed by atoms with Crippen molar-refractivity contribution in [3.63, 3.8) is 0 Å². The van der Waals surface area contributed by atoms with E-state index in [-0.39, 0.29) is 11.2 Å². The van der Waals surface area contributed by atoms with Crippen LogP contribution in [0, 0.1) is 0 Å². The number of anilines is 2. The molecule has 1 aromatic heterocycles. The van der Waals surface area contributed by atoms with Gasteiger partial charge >= 0.3 is 0 Å². The lowest BCUT2D eigenvalue weighted by atomic mass is 10.1. The smallest absolute Gasteiger partial charge is 0.238 e. The molecule has 0 radical (unpaired) electrons. The molecule has 0 spiro atoms. The van der Waals surface area contributed by atoms with Crippen LogP contribution in [0.4, 0.5) is 10.8 Å². The Morgan fingerprint density at radius 1 is 1.04 bits per heavy atom. The molecular weight excluding hydrogens is 364 g/mol. The summed E-state index contributed by atoms with van der Waals surface area (Å²) in [5.41, 5.74) is 1.94. The number of nitrogens with one attached hydrogen (secondary N) is 2. The summed E-state index contributed by atoms with van der Waals surface area (Å²) in [6, 6.07) is 20.0. The highest BCUT2D eigenvalue weighted by Crippen LogP contribution is 2.39. The van der Waals surface area contributed by atoms with Gasteiger partial charge in [0.1, 0.15) is 5.25 Å². The van der Waals surface area contributed by atoms with E-state index in [1.54, 1.807) is 0 Å². The second-order valence-electron chi connectivity index (χ2n) is 6.06. The lowest BCUT2D eigenvalue weighted by Gasteiger charge is -2.15. The minimum absolute atomic E-state index is 0.0384. The fraction of sp³-hybridized carbons (Fsp3) is 0.211. The maximum absolute atomic E-state index is 12.7. The van der Waals surface area contributed by atoms with Crippen LogP contribution in [0.5, 0.6) is 0 Å². The zero-order valence-corrected chi connectivity index (χ0v) is 15.6. The summed E-state index contributed by atoms with van der Waals surface area (Å²) in [5.74, 6) is 0.0384. The standard InChI is InChI=1S/C19H18N4OS2/c24-17(20-15-11-12-15)16(13-7-3-1-4-8-13)25-19-23-22-18(26-19)21-14-9-5-2-6-10-14/h1-10,15-16H,11-12H2,(H,20,24)(H,21,22). The lowest BCUT2D eigenvalue weighted by molar-refractivity contribution is -0.120. The molecule has 2 N–H and O–H groups in total. The van der Waals surface area contributed by atoms with Crippen molar-refractivity contribution in [2.24, 2.45) is 0 Å². The normalized spacial score (nSPS) is 14.6. The van der Waals surface area contributed by atoms with Crippen molar-refractivity contribution in [1.29, 1.82) is 0 Å². The van der Waals surface area contributed by atoms with Crippen molar-refractivity contribution in [2.45, 2.75) is 28.5 Å². The predicted octanol–water partition coefficient (Wildman–Crippen LogP) is 4.39. The van der Waals surface area contributed by atoms with E-state index in [9.17, 15) is 4.79 Å². The first kappa shape index (κ1) is 17.1. The highest BCUT2D eigenvalue weighted by Gasteiger charge is 2.29. The van der Waals surface area contributed by atoms with E-state index < -0.39 is 0 Å². The Morgan fingerprint density at radius 3 is 2.42 bits per heavy atom. The van der Waals surface area contributed by atoms with Crippen LogP contribution in [0.2, 0.25) is 0 Å². The molecular formula is C19H18N4OS2. The van der Waals surface area contributed by atoms with E-state index in [0.717, 1.165) is 28.4 Å². The summed E-state index contributed by atoms with van der Waals surface area (Å²) in [6.45, 7) is 0. The number of rotatable bonds is 7. The Labute approximate surface area is 160 Å². The zero-order valence-electron chi connectivity index (χ0n) is 14.0. The van der Waals surface area contributed by atoms with Crippen LogP contribution < -0.4 is 10.6 Å². The fourth-order valence-electron chi connectivity index (χ4n) is 2.46. The number of thioether (sulfide) groups is 1. The van der Waals surface area contributed by atoms with Gasteiger partial charge in [0.25, 0.3) is 0 Å². The Bertz CT molecular complexity index is 866. The molecule has 3 aromatic rings. The Kier molecular flexibility index (Phi) is 5.17. The van der Waals surface area contributed by atoms with Crippen LogP contribution in [0.3, 0.4) is 0 Å². The highest BCUT2D eigenvalue weighted by atomic mass is 32.2.